The third kappa shape index (κ3) is 4.14. The molecule has 0 saturated carbocycles. The number of amides is 2. The summed E-state index contributed by atoms with van der Waals surface area (Å²) in [7, 11) is 0. The van der Waals surface area contributed by atoms with Gasteiger partial charge in [-0.25, -0.2) is 4.98 Å². The molecular formula is C13H15N3O2S2. The molecule has 2 aromatic heterocycles. The Morgan fingerprint density at radius 2 is 2.15 bits per heavy atom. The number of hydrogen-bond donors (Lipinski definition) is 2. The molecule has 0 unspecified atom stereocenters. The number of nitrogens with zero attached hydrogens (tertiary/aromatic N) is 1. The van der Waals surface area contributed by atoms with Crippen LogP contribution in [0.2, 0.25) is 0 Å². The monoisotopic (exact) mass is 309 g/mol. The van der Waals surface area contributed by atoms with E-state index in [0.717, 1.165) is 0 Å². The van der Waals surface area contributed by atoms with Crippen LogP contribution in [0, 0.1) is 0 Å². The zero-order chi connectivity index (χ0) is 14.5. The summed E-state index contributed by atoms with van der Waals surface area (Å²) in [4.78, 5) is 27.7. The smallest absolute Gasteiger partial charge is 0.258 e. The standard InChI is InChI=1S/C13H15N3O2S2/c1-8(2)14-11(17)5-10-7-20-13(15-10)16-12(18)9-3-4-19-6-9/h3-4,6-8H,5H2,1-2H3,(H,14,17)(H,15,16,18). The third-order valence-electron chi connectivity index (χ3n) is 2.35. The fourth-order valence-electron chi connectivity index (χ4n) is 1.55. The van der Waals surface area contributed by atoms with Gasteiger partial charge in [-0.05, 0) is 25.3 Å². The van der Waals surface area contributed by atoms with E-state index in [4.69, 9.17) is 0 Å². The van der Waals surface area contributed by atoms with Gasteiger partial charge in [0.25, 0.3) is 5.91 Å². The fourth-order valence-corrected chi connectivity index (χ4v) is 2.89. The van der Waals surface area contributed by atoms with Gasteiger partial charge in [-0.3, -0.25) is 14.9 Å². The highest BCUT2D eigenvalue weighted by atomic mass is 32.1. The van der Waals surface area contributed by atoms with Gasteiger partial charge in [0.15, 0.2) is 5.13 Å². The van der Waals surface area contributed by atoms with Crippen molar-refractivity contribution in [3.63, 3.8) is 0 Å². The van der Waals surface area contributed by atoms with Crippen LogP contribution >= 0.6 is 22.7 Å². The quantitative estimate of drug-likeness (QED) is 0.891. The summed E-state index contributed by atoms with van der Waals surface area (Å²) in [6.07, 6.45) is 0.225. The summed E-state index contributed by atoms with van der Waals surface area (Å²) in [6, 6.07) is 1.86. The lowest BCUT2D eigenvalue weighted by molar-refractivity contribution is -0.120. The van der Waals surface area contributed by atoms with Crippen LogP contribution in [0.15, 0.2) is 22.2 Å². The second-order valence-electron chi connectivity index (χ2n) is 4.51. The van der Waals surface area contributed by atoms with Crippen LogP contribution < -0.4 is 10.6 Å². The summed E-state index contributed by atoms with van der Waals surface area (Å²) in [5.74, 6) is -0.250. The molecule has 0 atom stereocenters. The van der Waals surface area contributed by atoms with Gasteiger partial charge in [0.05, 0.1) is 17.7 Å². The zero-order valence-electron chi connectivity index (χ0n) is 11.2. The number of thiazole rings is 1. The summed E-state index contributed by atoms with van der Waals surface area (Å²) in [5, 5.41) is 11.4. The van der Waals surface area contributed by atoms with Crippen molar-refractivity contribution in [2.75, 3.05) is 5.32 Å². The van der Waals surface area contributed by atoms with Gasteiger partial charge in [-0.1, -0.05) is 0 Å². The molecule has 2 N–H and O–H groups in total. The maximum atomic E-state index is 11.8. The normalized spacial score (nSPS) is 10.6. The van der Waals surface area contributed by atoms with Gasteiger partial charge in [0.2, 0.25) is 5.91 Å². The van der Waals surface area contributed by atoms with Crippen molar-refractivity contribution in [2.45, 2.75) is 26.3 Å². The lowest BCUT2D eigenvalue weighted by atomic mass is 10.3. The fraction of sp³-hybridized carbons (Fsp3) is 0.308. The number of anilines is 1. The molecule has 0 bridgehead atoms. The Balaban J connectivity index is 1.92. The Kier molecular flexibility index (Phi) is 4.86. The summed E-state index contributed by atoms with van der Waals surface area (Å²) in [6.45, 7) is 3.82. The second-order valence-corrected chi connectivity index (χ2v) is 6.15. The molecule has 0 fully saturated rings. The first-order chi connectivity index (χ1) is 9.54. The van der Waals surface area contributed by atoms with Crippen molar-refractivity contribution in [1.29, 1.82) is 0 Å². The minimum atomic E-state index is -0.182. The molecule has 0 saturated heterocycles. The van der Waals surface area contributed by atoms with Crippen LogP contribution in [0.3, 0.4) is 0 Å². The van der Waals surface area contributed by atoms with Crippen molar-refractivity contribution in [3.05, 3.63) is 33.5 Å². The Morgan fingerprint density at radius 1 is 1.35 bits per heavy atom. The highest BCUT2D eigenvalue weighted by Crippen LogP contribution is 2.17. The van der Waals surface area contributed by atoms with Crippen molar-refractivity contribution >= 4 is 39.6 Å². The predicted molar refractivity (Wildman–Crippen MR) is 81.4 cm³/mol. The average molecular weight is 309 g/mol. The SMILES string of the molecule is CC(C)NC(=O)Cc1csc(NC(=O)c2ccsc2)n1. The topological polar surface area (TPSA) is 71.1 Å². The van der Waals surface area contributed by atoms with Gasteiger partial charge in [0.1, 0.15) is 0 Å². The van der Waals surface area contributed by atoms with E-state index in [1.54, 1.807) is 16.8 Å². The lowest BCUT2D eigenvalue weighted by Crippen LogP contribution is -2.31. The molecule has 2 aromatic rings. The number of thiophene rings is 1. The minimum Gasteiger partial charge on any atom is -0.354 e. The molecule has 2 amide bonds. The van der Waals surface area contributed by atoms with E-state index < -0.39 is 0 Å². The van der Waals surface area contributed by atoms with Gasteiger partial charge >= 0.3 is 0 Å². The Bertz CT molecular complexity index is 591. The molecule has 0 aliphatic heterocycles. The van der Waals surface area contributed by atoms with E-state index in [2.05, 4.69) is 15.6 Å². The first-order valence-corrected chi connectivity index (χ1v) is 7.94. The highest BCUT2D eigenvalue weighted by Gasteiger charge is 2.11. The molecule has 0 aliphatic rings. The van der Waals surface area contributed by atoms with Gasteiger partial charge in [0, 0.05) is 16.8 Å². The van der Waals surface area contributed by atoms with Crippen LogP contribution in [0.4, 0.5) is 5.13 Å². The first kappa shape index (κ1) is 14.7. The molecule has 0 radical (unpaired) electrons. The summed E-state index contributed by atoms with van der Waals surface area (Å²) in [5.41, 5.74) is 1.28. The molecule has 0 spiro atoms. The molecule has 7 heteroatoms. The van der Waals surface area contributed by atoms with E-state index >= 15 is 0 Å². The van der Waals surface area contributed by atoms with E-state index in [9.17, 15) is 9.59 Å². The molecule has 106 valence electrons. The van der Waals surface area contributed by atoms with Gasteiger partial charge in [-0.15, -0.1) is 11.3 Å². The van der Waals surface area contributed by atoms with Gasteiger partial charge < -0.3 is 5.32 Å². The zero-order valence-corrected chi connectivity index (χ0v) is 12.8. The number of carbonyl (C=O) groups is 2. The van der Waals surface area contributed by atoms with E-state index in [1.165, 1.54) is 22.7 Å². The van der Waals surface area contributed by atoms with Crippen LogP contribution in [0.25, 0.3) is 0 Å². The largest absolute Gasteiger partial charge is 0.354 e. The van der Waals surface area contributed by atoms with Crippen LogP contribution in [-0.4, -0.2) is 22.8 Å². The number of aromatic nitrogens is 1. The maximum Gasteiger partial charge on any atom is 0.258 e. The predicted octanol–water partition coefficient (Wildman–Crippen LogP) is 2.52. The number of nitrogens with one attached hydrogen (secondary N) is 2. The second kappa shape index (κ2) is 6.62. The summed E-state index contributed by atoms with van der Waals surface area (Å²) < 4.78 is 0. The average Bonchev–Trinajstić information content (AvgIpc) is 2.99. The van der Waals surface area contributed by atoms with Crippen LogP contribution in [0.5, 0.6) is 0 Å². The maximum absolute atomic E-state index is 11.8. The van der Waals surface area contributed by atoms with Crippen molar-refractivity contribution in [2.24, 2.45) is 0 Å². The molecule has 2 rings (SSSR count). The molecule has 20 heavy (non-hydrogen) atoms. The Hall–Kier alpha value is -1.73. The van der Waals surface area contributed by atoms with Crippen LogP contribution in [-0.2, 0) is 11.2 Å². The van der Waals surface area contributed by atoms with Crippen molar-refractivity contribution in [1.82, 2.24) is 10.3 Å². The Labute approximate surface area is 125 Å². The third-order valence-corrected chi connectivity index (χ3v) is 3.84. The van der Waals surface area contributed by atoms with E-state index in [0.29, 0.717) is 16.4 Å². The minimum absolute atomic E-state index is 0.0685. The van der Waals surface area contributed by atoms with Crippen molar-refractivity contribution < 1.29 is 9.59 Å². The van der Waals surface area contributed by atoms with E-state index in [1.807, 2.05) is 19.2 Å². The molecule has 0 aromatic carbocycles. The first-order valence-electron chi connectivity index (χ1n) is 6.12. The Morgan fingerprint density at radius 3 is 2.80 bits per heavy atom. The molecular weight excluding hydrogens is 294 g/mol. The van der Waals surface area contributed by atoms with Crippen LogP contribution in [0.1, 0.15) is 29.9 Å². The molecule has 2 heterocycles. The lowest BCUT2D eigenvalue weighted by Gasteiger charge is -2.06. The number of carbonyl (C=O) groups excluding carboxylic acids is 2. The van der Waals surface area contributed by atoms with Gasteiger partial charge in [-0.2, -0.15) is 11.3 Å². The number of hydrogen-bond acceptors (Lipinski definition) is 5. The molecule has 0 aliphatic carbocycles. The van der Waals surface area contributed by atoms with E-state index in [-0.39, 0.29) is 24.3 Å². The highest BCUT2D eigenvalue weighted by molar-refractivity contribution is 7.14. The van der Waals surface area contributed by atoms with Crippen molar-refractivity contribution in [3.8, 4) is 0 Å². The molecule has 5 nitrogen and oxygen atoms in total. The summed E-state index contributed by atoms with van der Waals surface area (Å²) >= 11 is 2.78. The number of rotatable bonds is 5.